The second kappa shape index (κ2) is 8.10. The normalized spacial score (nSPS) is 16.5. The van der Waals surface area contributed by atoms with E-state index >= 15 is 0 Å². The summed E-state index contributed by atoms with van der Waals surface area (Å²) in [6, 6.07) is 10.6. The number of hydrogen-bond donors (Lipinski definition) is 0. The molecule has 0 saturated heterocycles. The molecule has 0 N–H and O–H groups in total. The molecule has 0 bridgehead atoms. The van der Waals surface area contributed by atoms with E-state index in [0.29, 0.717) is 25.6 Å². The highest BCUT2D eigenvalue weighted by atomic mass is 35.5. The number of hydrogen-bond acceptors (Lipinski definition) is 6. The quantitative estimate of drug-likeness (QED) is 0.578. The Morgan fingerprint density at radius 1 is 1.34 bits per heavy atom. The van der Waals surface area contributed by atoms with Crippen LogP contribution in [-0.2, 0) is 9.53 Å². The predicted octanol–water partition coefficient (Wildman–Crippen LogP) is 3.51. The van der Waals surface area contributed by atoms with E-state index in [1.807, 2.05) is 29.6 Å². The fourth-order valence-corrected chi connectivity index (χ4v) is 5.32. The minimum Gasteiger partial charge on any atom is -0.463 e. The van der Waals surface area contributed by atoms with Crippen molar-refractivity contribution in [2.75, 3.05) is 6.61 Å². The van der Waals surface area contributed by atoms with Crippen molar-refractivity contribution in [1.29, 1.82) is 0 Å². The lowest BCUT2D eigenvalue weighted by Crippen LogP contribution is -2.39. The number of carbonyl (C=O) groups excluding carboxylic acids is 1. The van der Waals surface area contributed by atoms with Crippen LogP contribution in [0.15, 0.2) is 62.8 Å². The maximum atomic E-state index is 13.3. The number of carbonyl (C=O) groups is 1. The Labute approximate surface area is 179 Å². The molecule has 0 amide bonds. The Kier molecular flexibility index (Phi) is 5.54. The van der Waals surface area contributed by atoms with Crippen molar-refractivity contribution in [1.82, 2.24) is 4.57 Å². The zero-order chi connectivity index (χ0) is 20.5. The van der Waals surface area contributed by atoms with Crippen LogP contribution in [-0.4, -0.2) is 17.1 Å². The SMILES string of the molecule is CCOC(=O)C1=C(C)N=c2sc(=Cc3cccc(Cl)c3)c(=O)n2C1c1cccs1. The van der Waals surface area contributed by atoms with Crippen LogP contribution >= 0.6 is 34.3 Å². The van der Waals surface area contributed by atoms with Crippen LogP contribution in [0.25, 0.3) is 6.08 Å². The van der Waals surface area contributed by atoms with Gasteiger partial charge in [0.15, 0.2) is 4.80 Å². The van der Waals surface area contributed by atoms with Gasteiger partial charge in [0.1, 0.15) is 6.04 Å². The lowest BCUT2D eigenvalue weighted by atomic mass is 10.0. The van der Waals surface area contributed by atoms with Gasteiger partial charge >= 0.3 is 5.97 Å². The maximum absolute atomic E-state index is 13.3. The summed E-state index contributed by atoms with van der Waals surface area (Å²) in [5.41, 5.74) is 1.60. The van der Waals surface area contributed by atoms with Crippen molar-refractivity contribution in [2.24, 2.45) is 4.99 Å². The van der Waals surface area contributed by atoms with E-state index in [0.717, 1.165) is 10.4 Å². The standard InChI is InChI=1S/C21H17ClN2O3S2/c1-3-27-20(26)17-12(2)23-21-24(18(17)15-8-5-9-28-15)19(25)16(29-21)11-13-6-4-7-14(22)10-13/h4-11,18H,3H2,1-2H3. The summed E-state index contributed by atoms with van der Waals surface area (Å²) in [6.45, 7) is 3.79. The molecule has 5 nitrogen and oxygen atoms in total. The number of ether oxygens (including phenoxy) is 1. The number of rotatable bonds is 4. The molecule has 1 unspecified atom stereocenters. The molecule has 0 spiro atoms. The monoisotopic (exact) mass is 444 g/mol. The highest BCUT2D eigenvalue weighted by molar-refractivity contribution is 7.10. The second-order valence-corrected chi connectivity index (χ2v) is 8.80. The first kappa shape index (κ1) is 19.8. The first-order chi connectivity index (χ1) is 14.0. The number of fused-ring (bicyclic) bond motifs is 1. The fraction of sp³-hybridized carbons (Fsp3) is 0.190. The molecule has 8 heteroatoms. The third kappa shape index (κ3) is 3.73. The van der Waals surface area contributed by atoms with Crippen molar-refractivity contribution < 1.29 is 9.53 Å². The van der Waals surface area contributed by atoms with Crippen molar-refractivity contribution >= 4 is 46.3 Å². The van der Waals surface area contributed by atoms with Crippen LogP contribution in [0, 0.1) is 0 Å². The largest absolute Gasteiger partial charge is 0.463 e. The number of nitrogens with zero attached hydrogens (tertiary/aromatic N) is 2. The fourth-order valence-electron chi connectivity index (χ4n) is 3.26. The van der Waals surface area contributed by atoms with E-state index in [2.05, 4.69) is 4.99 Å². The van der Waals surface area contributed by atoms with Gasteiger partial charge in [0.05, 0.1) is 22.4 Å². The molecule has 148 valence electrons. The molecule has 3 aromatic rings. The minimum atomic E-state index is -0.549. The van der Waals surface area contributed by atoms with Crippen LogP contribution in [0.5, 0.6) is 0 Å². The Balaban J connectivity index is 1.94. The lowest BCUT2D eigenvalue weighted by Gasteiger charge is -2.23. The molecule has 0 aliphatic carbocycles. The van der Waals surface area contributed by atoms with Crippen LogP contribution in [0.3, 0.4) is 0 Å². The average Bonchev–Trinajstić information content (AvgIpc) is 3.30. The van der Waals surface area contributed by atoms with Gasteiger partial charge in [-0.2, -0.15) is 0 Å². The van der Waals surface area contributed by atoms with Gasteiger partial charge in [0.25, 0.3) is 5.56 Å². The molecule has 1 aliphatic heterocycles. The van der Waals surface area contributed by atoms with Crippen molar-refractivity contribution in [3.63, 3.8) is 0 Å². The molecule has 0 radical (unpaired) electrons. The lowest BCUT2D eigenvalue weighted by molar-refractivity contribution is -0.139. The van der Waals surface area contributed by atoms with Crippen LogP contribution < -0.4 is 14.9 Å². The third-order valence-electron chi connectivity index (χ3n) is 4.48. The number of allylic oxidation sites excluding steroid dienone is 1. The molecule has 0 saturated carbocycles. The molecule has 3 heterocycles. The van der Waals surface area contributed by atoms with E-state index in [4.69, 9.17) is 16.3 Å². The predicted molar refractivity (Wildman–Crippen MR) is 116 cm³/mol. The van der Waals surface area contributed by atoms with Gasteiger partial charge in [-0.15, -0.1) is 11.3 Å². The van der Waals surface area contributed by atoms with Crippen molar-refractivity contribution in [3.05, 3.63) is 88.2 Å². The summed E-state index contributed by atoms with van der Waals surface area (Å²) in [5, 5.41) is 2.53. The molecule has 1 aliphatic rings. The average molecular weight is 445 g/mol. The first-order valence-electron chi connectivity index (χ1n) is 8.98. The molecule has 29 heavy (non-hydrogen) atoms. The topological polar surface area (TPSA) is 60.7 Å². The number of thiazole rings is 1. The van der Waals surface area contributed by atoms with Gasteiger partial charge in [-0.05, 0) is 49.1 Å². The first-order valence-corrected chi connectivity index (χ1v) is 11.1. The van der Waals surface area contributed by atoms with Gasteiger partial charge in [-0.1, -0.05) is 41.1 Å². The Morgan fingerprint density at radius 3 is 2.86 bits per heavy atom. The van der Waals surface area contributed by atoms with Gasteiger partial charge in [-0.25, -0.2) is 9.79 Å². The summed E-state index contributed by atoms with van der Waals surface area (Å²) in [5.74, 6) is -0.448. The van der Waals surface area contributed by atoms with Crippen LogP contribution in [0.2, 0.25) is 5.02 Å². The van der Waals surface area contributed by atoms with Crippen molar-refractivity contribution in [2.45, 2.75) is 19.9 Å². The zero-order valence-corrected chi connectivity index (χ0v) is 18.1. The number of esters is 1. The Morgan fingerprint density at radius 2 is 2.17 bits per heavy atom. The summed E-state index contributed by atoms with van der Waals surface area (Å²) < 4.78 is 7.39. The minimum absolute atomic E-state index is 0.193. The van der Waals surface area contributed by atoms with Crippen LogP contribution in [0.1, 0.15) is 30.3 Å². The molecule has 4 rings (SSSR count). The van der Waals surface area contributed by atoms with Crippen molar-refractivity contribution in [3.8, 4) is 0 Å². The maximum Gasteiger partial charge on any atom is 0.338 e. The Bertz CT molecular complexity index is 1290. The molecular formula is C21H17ClN2O3S2. The van der Waals surface area contributed by atoms with E-state index in [1.54, 1.807) is 36.6 Å². The smallest absolute Gasteiger partial charge is 0.338 e. The summed E-state index contributed by atoms with van der Waals surface area (Å²) >= 11 is 8.86. The number of aromatic nitrogens is 1. The van der Waals surface area contributed by atoms with Gasteiger partial charge in [0, 0.05) is 9.90 Å². The van der Waals surface area contributed by atoms with E-state index in [1.165, 1.54) is 22.7 Å². The molecule has 1 atom stereocenters. The highest BCUT2D eigenvalue weighted by Crippen LogP contribution is 2.33. The molecule has 1 aromatic carbocycles. The van der Waals surface area contributed by atoms with E-state index in [-0.39, 0.29) is 12.2 Å². The van der Waals surface area contributed by atoms with Crippen LogP contribution in [0.4, 0.5) is 0 Å². The highest BCUT2D eigenvalue weighted by Gasteiger charge is 2.33. The van der Waals surface area contributed by atoms with E-state index < -0.39 is 12.0 Å². The Hall–Kier alpha value is -2.48. The van der Waals surface area contributed by atoms with E-state index in [9.17, 15) is 9.59 Å². The van der Waals surface area contributed by atoms with Gasteiger partial charge < -0.3 is 4.74 Å². The van der Waals surface area contributed by atoms with Gasteiger partial charge in [-0.3, -0.25) is 9.36 Å². The summed E-state index contributed by atoms with van der Waals surface area (Å²) in [7, 11) is 0. The number of thiophene rings is 1. The van der Waals surface area contributed by atoms with Gasteiger partial charge in [0.2, 0.25) is 0 Å². The molecule has 0 fully saturated rings. The third-order valence-corrected chi connectivity index (χ3v) is 6.62. The summed E-state index contributed by atoms with van der Waals surface area (Å²) in [6.07, 6.45) is 1.80. The second-order valence-electron chi connectivity index (χ2n) is 6.37. The molecule has 2 aromatic heterocycles. The molecular weight excluding hydrogens is 428 g/mol. The number of halogens is 1. The summed E-state index contributed by atoms with van der Waals surface area (Å²) in [4.78, 5) is 32.0. The zero-order valence-electron chi connectivity index (χ0n) is 15.7. The number of benzene rings is 1.